The number of para-hydroxylation sites is 1. The first-order chi connectivity index (χ1) is 8.80. The van der Waals surface area contributed by atoms with Crippen molar-refractivity contribution < 1.29 is 86.8 Å². The van der Waals surface area contributed by atoms with Crippen LogP contribution in [0.25, 0.3) is 0 Å². The van der Waals surface area contributed by atoms with Crippen LogP contribution < -0.4 is 74.7 Å². The van der Waals surface area contributed by atoms with Crippen molar-refractivity contribution in [3.05, 3.63) is 24.3 Å². The Morgan fingerprint density at radius 3 is 2.33 bits per heavy atom. The molecule has 1 unspecified atom stereocenters. The van der Waals surface area contributed by atoms with Gasteiger partial charge in [-0.2, -0.15) is 0 Å². The third-order valence-electron chi connectivity index (χ3n) is 2.57. The van der Waals surface area contributed by atoms with E-state index in [-0.39, 0.29) is 71.2 Å². The van der Waals surface area contributed by atoms with Gasteiger partial charge in [0.15, 0.2) is 0 Å². The summed E-state index contributed by atoms with van der Waals surface area (Å²) in [5, 5.41) is 11.4. The number of aliphatic carboxylic acids is 1. The molecule has 1 N–H and O–H groups in total. The fourth-order valence-electron chi connectivity index (χ4n) is 1.73. The molecular formula is C10H8N2Na2O6S. The predicted octanol–water partition coefficient (Wildman–Crippen LogP) is -8.04. The maximum absolute atomic E-state index is 11.6. The molecule has 1 amide bonds. The zero-order chi connectivity index (χ0) is 14.2. The van der Waals surface area contributed by atoms with Gasteiger partial charge in [0.1, 0.15) is 10.1 Å². The van der Waals surface area contributed by atoms with Crippen LogP contribution in [-0.4, -0.2) is 30.9 Å². The first-order valence-corrected chi connectivity index (χ1v) is 6.56. The van der Waals surface area contributed by atoms with E-state index < -0.39 is 32.9 Å². The summed E-state index contributed by atoms with van der Waals surface area (Å²) in [6, 6.07) is 3.76. The van der Waals surface area contributed by atoms with Crippen LogP contribution in [0.15, 0.2) is 29.2 Å². The second kappa shape index (κ2) is 8.04. The van der Waals surface area contributed by atoms with E-state index in [0.29, 0.717) is 0 Å². The van der Waals surface area contributed by atoms with E-state index in [1.807, 2.05) is 0 Å². The van der Waals surface area contributed by atoms with E-state index in [2.05, 4.69) is 5.43 Å². The Balaban J connectivity index is 0.00000200. The first-order valence-electron chi connectivity index (χ1n) is 5.15. The summed E-state index contributed by atoms with van der Waals surface area (Å²) in [6.45, 7) is 0. The number of nitrogens with one attached hydrogen (secondary N) is 1. The van der Waals surface area contributed by atoms with Gasteiger partial charge < -0.3 is 14.5 Å². The third-order valence-corrected chi connectivity index (χ3v) is 3.46. The average Bonchev–Trinajstić information content (AvgIpc) is 2.70. The predicted molar refractivity (Wildman–Crippen MR) is 58.4 cm³/mol. The molecule has 0 bridgehead atoms. The van der Waals surface area contributed by atoms with Gasteiger partial charge in [-0.15, -0.1) is 0 Å². The maximum Gasteiger partial charge on any atom is 1.00 e. The molecule has 1 fully saturated rings. The van der Waals surface area contributed by atoms with Gasteiger partial charge in [-0.25, -0.2) is 18.9 Å². The number of carbonyl (C=O) groups excluding carboxylic acids is 2. The Morgan fingerprint density at radius 1 is 1.29 bits per heavy atom. The van der Waals surface area contributed by atoms with Gasteiger partial charge >= 0.3 is 59.1 Å². The average molecular weight is 330 g/mol. The summed E-state index contributed by atoms with van der Waals surface area (Å²) in [5.74, 6) is -2.15. The van der Waals surface area contributed by atoms with Crippen LogP contribution in [0.5, 0.6) is 0 Å². The smallest absolute Gasteiger partial charge is 0.744 e. The van der Waals surface area contributed by atoms with Gasteiger partial charge in [0.05, 0.1) is 29.0 Å². The van der Waals surface area contributed by atoms with Crippen LogP contribution in [-0.2, 0) is 19.7 Å². The van der Waals surface area contributed by atoms with E-state index in [1.165, 1.54) is 18.2 Å². The van der Waals surface area contributed by atoms with Gasteiger partial charge in [0.25, 0.3) is 0 Å². The van der Waals surface area contributed by atoms with Crippen molar-refractivity contribution in [2.75, 3.05) is 5.01 Å². The summed E-state index contributed by atoms with van der Waals surface area (Å²) < 4.78 is 33.2. The number of benzene rings is 1. The molecule has 2 rings (SSSR count). The SMILES string of the molecule is O=C([O-])C1CC(=O)N(c2ccccc2S(=O)(=O)[O-])N1.[Na+].[Na+]. The molecule has 0 aliphatic carbocycles. The minimum absolute atomic E-state index is 0. The Bertz CT molecular complexity index is 651. The number of hydrogen-bond donors (Lipinski definition) is 1. The number of carbonyl (C=O) groups is 2. The summed E-state index contributed by atoms with van der Waals surface area (Å²) in [4.78, 5) is 21.7. The Kier molecular flexibility index (Phi) is 8.06. The monoisotopic (exact) mass is 330 g/mol. The van der Waals surface area contributed by atoms with Crippen molar-refractivity contribution in [1.29, 1.82) is 0 Å². The maximum atomic E-state index is 11.6. The van der Waals surface area contributed by atoms with Gasteiger partial charge in [-0.1, -0.05) is 12.1 Å². The molecule has 1 heterocycles. The molecule has 1 aromatic rings. The molecule has 1 aromatic carbocycles. The van der Waals surface area contributed by atoms with Crippen LogP contribution in [0, 0.1) is 0 Å². The Labute approximate surface area is 165 Å². The Morgan fingerprint density at radius 2 is 1.86 bits per heavy atom. The largest absolute Gasteiger partial charge is 1.00 e. The number of anilines is 1. The standard InChI is InChI=1S/C10H10N2O6S.2Na/c13-9-5-6(10(14)15)11-12(9)7-3-1-2-4-8(7)19(16,17)18;;/h1-4,6,11H,5H2,(H,14,15)(H,16,17,18);;/q;2*+1/p-2. The number of nitrogens with zero attached hydrogens (tertiary/aromatic N) is 1. The molecule has 0 spiro atoms. The summed E-state index contributed by atoms with van der Waals surface area (Å²) in [6.07, 6.45) is -0.379. The quantitative estimate of drug-likeness (QED) is 0.430. The number of hydrazine groups is 1. The third kappa shape index (κ3) is 4.75. The number of carboxylic acids is 1. The minimum Gasteiger partial charge on any atom is -0.744 e. The van der Waals surface area contributed by atoms with Crippen LogP contribution in [0.3, 0.4) is 0 Å². The summed E-state index contributed by atoms with van der Waals surface area (Å²) >= 11 is 0. The number of rotatable bonds is 3. The van der Waals surface area contributed by atoms with E-state index in [1.54, 1.807) is 0 Å². The second-order valence-corrected chi connectivity index (χ2v) is 5.20. The second-order valence-electron chi connectivity index (χ2n) is 3.86. The molecule has 1 atom stereocenters. The zero-order valence-corrected chi connectivity index (χ0v) is 16.2. The molecule has 8 nitrogen and oxygen atoms in total. The van der Waals surface area contributed by atoms with Crippen molar-refractivity contribution in [3.63, 3.8) is 0 Å². The van der Waals surface area contributed by atoms with E-state index in [9.17, 15) is 27.7 Å². The first kappa shape index (κ1) is 21.0. The van der Waals surface area contributed by atoms with E-state index in [4.69, 9.17) is 0 Å². The molecule has 0 radical (unpaired) electrons. The molecule has 1 aliphatic rings. The molecule has 11 heteroatoms. The molecule has 102 valence electrons. The number of carboxylic acid groups (broad SMARTS) is 1. The van der Waals surface area contributed by atoms with Crippen LogP contribution in [0.4, 0.5) is 5.69 Å². The van der Waals surface area contributed by atoms with Crippen LogP contribution >= 0.6 is 0 Å². The van der Waals surface area contributed by atoms with Gasteiger partial charge in [-0.3, -0.25) is 4.79 Å². The van der Waals surface area contributed by atoms with Crippen molar-refractivity contribution in [1.82, 2.24) is 5.43 Å². The summed E-state index contributed by atoms with van der Waals surface area (Å²) in [5.41, 5.74) is 2.08. The minimum atomic E-state index is -4.78. The molecule has 21 heavy (non-hydrogen) atoms. The number of amides is 1. The van der Waals surface area contributed by atoms with Gasteiger partial charge in [0.2, 0.25) is 5.91 Å². The Hall–Kier alpha value is 0.0300. The fourth-order valence-corrected chi connectivity index (χ4v) is 2.39. The number of hydrogen-bond acceptors (Lipinski definition) is 7. The van der Waals surface area contributed by atoms with Crippen LogP contribution in [0.1, 0.15) is 6.42 Å². The van der Waals surface area contributed by atoms with E-state index in [0.717, 1.165) is 11.1 Å². The van der Waals surface area contributed by atoms with Crippen molar-refractivity contribution >= 4 is 27.7 Å². The van der Waals surface area contributed by atoms with E-state index >= 15 is 0 Å². The van der Waals surface area contributed by atoms with Gasteiger partial charge in [0, 0.05) is 0 Å². The topological polar surface area (TPSA) is 130 Å². The van der Waals surface area contributed by atoms with Crippen molar-refractivity contribution in [2.24, 2.45) is 0 Å². The van der Waals surface area contributed by atoms with Gasteiger partial charge in [-0.05, 0) is 12.1 Å². The summed E-state index contributed by atoms with van der Waals surface area (Å²) in [7, 11) is -4.78. The van der Waals surface area contributed by atoms with Crippen LogP contribution in [0.2, 0.25) is 0 Å². The molecule has 0 aromatic heterocycles. The molecule has 1 aliphatic heterocycles. The van der Waals surface area contributed by atoms with Crippen molar-refractivity contribution in [3.8, 4) is 0 Å². The van der Waals surface area contributed by atoms with Crippen molar-refractivity contribution in [2.45, 2.75) is 17.4 Å². The molecule has 1 saturated heterocycles. The fraction of sp³-hybridized carbons (Fsp3) is 0.200. The normalized spacial score (nSPS) is 17.9. The molecular weight excluding hydrogens is 322 g/mol. The molecule has 0 saturated carbocycles. The zero-order valence-electron chi connectivity index (χ0n) is 11.4.